The molecule has 0 fully saturated rings. The molecule has 0 unspecified atom stereocenters. The molecule has 6 nitrogen and oxygen atoms in total. The highest BCUT2D eigenvalue weighted by atomic mass is 79.9. The lowest BCUT2D eigenvalue weighted by molar-refractivity contribution is -0.384. The molecule has 0 bridgehead atoms. The number of nitrogens with one attached hydrogen (secondary N) is 1. The zero-order valence-corrected chi connectivity index (χ0v) is 12.7. The maximum atomic E-state index is 11.7. The Labute approximate surface area is 119 Å². The largest absolute Gasteiger partial charge is 0.444 e. The number of hydrogen-bond acceptors (Lipinski definition) is 4. The third-order valence-corrected chi connectivity index (χ3v) is 3.00. The van der Waals surface area contributed by atoms with Crippen molar-refractivity contribution in [1.29, 1.82) is 0 Å². The van der Waals surface area contributed by atoms with Crippen molar-refractivity contribution >= 4 is 33.4 Å². The Morgan fingerprint density at radius 1 is 1.42 bits per heavy atom. The number of rotatable bonds is 2. The van der Waals surface area contributed by atoms with Crippen molar-refractivity contribution in [3.05, 3.63) is 32.3 Å². The van der Waals surface area contributed by atoms with Crippen molar-refractivity contribution in [1.82, 2.24) is 0 Å². The Morgan fingerprint density at radius 3 is 2.47 bits per heavy atom. The quantitative estimate of drug-likeness (QED) is 0.656. The molecule has 0 heterocycles. The van der Waals surface area contributed by atoms with Crippen molar-refractivity contribution in [2.75, 3.05) is 5.32 Å². The van der Waals surface area contributed by atoms with E-state index in [0.717, 1.165) is 0 Å². The zero-order valence-electron chi connectivity index (χ0n) is 11.1. The van der Waals surface area contributed by atoms with Crippen LogP contribution in [-0.2, 0) is 4.74 Å². The van der Waals surface area contributed by atoms with E-state index in [-0.39, 0.29) is 5.69 Å². The maximum absolute atomic E-state index is 11.7. The van der Waals surface area contributed by atoms with Crippen molar-refractivity contribution < 1.29 is 14.5 Å². The Hall–Kier alpha value is -1.63. The number of amides is 1. The Morgan fingerprint density at radius 2 is 2.00 bits per heavy atom. The first kappa shape index (κ1) is 15.4. The van der Waals surface area contributed by atoms with E-state index in [0.29, 0.717) is 15.7 Å². The second kappa shape index (κ2) is 5.56. The summed E-state index contributed by atoms with van der Waals surface area (Å²) in [5.74, 6) is 0. The van der Waals surface area contributed by atoms with Gasteiger partial charge in [0.2, 0.25) is 0 Å². The summed E-state index contributed by atoms with van der Waals surface area (Å²) in [5.41, 5.74) is 0.297. The molecule has 0 aliphatic heterocycles. The first-order valence-corrected chi connectivity index (χ1v) is 6.34. The van der Waals surface area contributed by atoms with Crippen LogP contribution in [0.4, 0.5) is 16.2 Å². The second-order valence-electron chi connectivity index (χ2n) is 4.98. The molecule has 0 atom stereocenters. The van der Waals surface area contributed by atoms with E-state index in [2.05, 4.69) is 21.2 Å². The highest BCUT2D eigenvalue weighted by molar-refractivity contribution is 9.10. The van der Waals surface area contributed by atoms with Crippen LogP contribution in [0.2, 0.25) is 0 Å². The predicted octanol–water partition coefficient (Wildman–Crippen LogP) is 4.01. The Kier molecular flexibility index (Phi) is 4.52. The number of nitrogens with zero attached hydrogens (tertiary/aromatic N) is 1. The number of ether oxygens (including phenoxy) is 1. The van der Waals surface area contributed by atoms with Crippen LogP contribution in [-0.4, -0.2) is 16.6 Å². The Bertz CT molecular complexity index is 523. The number of carbonyl (C=O) groups is 1. The number of non-ortho nitro benzene ring substituents is 1. The second-order valence-corrected chi connectivity index (χ2v) is 5.84. The summed E-state index contributed by atoms with van der Waals surface area (Å²) >= 11 is 3.22. The number of nitro groups is 1. The van der Waals surface area contributed by atoms with Crippen LogP contribution in [0.15, 0.2) is 16.6 Å². The van der Waals surface area contributed by atoms with E-state index in [1.165, 1.54) is 12.1 Å². The normalized spacial score (nSPS) is 11.0. The van der Waals surface area contributed by atoms with E-state index in [4.69, 9.17) is 4.74 Å². The van der Waals surface area contributed by atoms with Gasteiger partial charge in [-0.1, -0.05) is 15.9 Å². The van der Waals surface area contributed by atoms with E-state index >= 15 is 0 Å². The average Bonchev–Trinajstić information content (AvgIpc) is 2.21. The minimum Gasteiger partial charge on any atom is -0.444 e. The SMILES string of the molecule is Cc1c(Br)cc([N+](=O)[O-])cc1NC(=O)OC(C)(C)C. The molecule has 104 valence electrons. The summed E-state index contributed by atoms with van der Waals surface area (Å²) < 4.78 is 5.65. The van der Waals surface area contributed by atoms with Gasteiger partial charge in [-0.15, -0.1) is 0 Å². The minimum absolute atomic E-state index is 0.108. The molecule has 1 amide bonds. The highest BCUT2D eigenvalue weighted by Gasteiger charge is 2.19. The van der Waals surface area contributed by atoms with Gasteiger partial charge in [-0.2, -0.15) is 0 Å². The van der Waals surface area contributed by atoms with Gasteiger partial charge < -0.3 is 4.74 Å². The highest BCUT2D eigenvalue weighted by Crippen LogP contribution is 2.30. The van der Waals surface area contributed by atoms with E-state index in [9.17, 15) is 14.9 Å². The van der Waals surface area contributed by atoms with Gasteiger partial charge in [0, 0.05) is 16.6 Å². The fourth-order valence-corrected chi connectivity index (χ4v) is 1.76. The van der Waals surface area contributed by atoms with Gasteiger partial charge in [-0.3, -0.25) is 15.4 Å². The van der Waals surface area contributed by atoms with Gasteiger partial charge in [-0.25, -0.2) is 4.79 Å². The van der Waals surface area contributed by atoms with Crippen molar-refractivity contribution in [3.63, 3.8) is 0 Å². The van der Waals surface area contributed by atoms with Crippen LogP contribution >= 0.6 is 15.9 Å². The third kappa shape index (κ3) is 4.51. The number of nitro benzene ring substituents is 1. The van der Waals surface area contributed by atoms with Crippen LogP contribution in [0.5, 0.6) is 0 Å². The molecule has 0 saturated heterocycles. The molecule has 0 radical (unpaired) electrons. The van der Waals surface area contributed by atoms with Gasteiger partial charge in [0.15, 0.2) is 0 Å². The molecular weight excluding hydrogens is 316 g/mol. The first-order valence-electron chi connectivity index (χ1n) is 5.54. The molecule has 7 heteroatoms. The summed E-state index contributed by atoms with van der Waals surface area (Å²) in [4.78, 5) is 21.9. The average molecular weight is 331 g/mol. The monoisotopic (exact) mass is 330 g/mol. The minimum atomic E-state index is -0.650. The van der Waals surface area contributed by atoms with Crippen molar-refractivity contribution in [2.24, 2.45) is 0 Å². The molecular formula is C12H15BrN2O4. The molecule has 1 N–H and O–H groups in total. The molecule has 1 rings (SSSR count). The molecule has 1 aromatic carbocycles. The van der Waals surface area contributed by atoms with Gasteiger partial charge in [-0.05, 0) is 33.3 Å². The lowest BCUT2D eigenvalue weighted by atomic mass is 10.2. The first-order chi connectivity index (χ1) is 8.60. The summed E-state index contributed by atoms with van der Waals surface area (Å²) in [5, 5.41) is 13.3. The summed E-state index contributed by atoms with van der Waals surface area (Å²) in [7, 11) is 0. The van der Waals surface area contributed by atoms with Crippen LogP contribution in [0.25, 0.3) is 0 Å². The van der Waals surface area contributed by atoms with E-state index < -0.39 is 16.6 Å². The molecule has 0 aliphatic rings. The standard InChI is InChI=1S/C12H15BrN2O4/c1-7-9(13)5-8(15(17)18)6-10(7)14-11(16)19-12(2,3)4/h5-6H,1-4H3,(H,14,16). The molecule has 1 aromatic rings. The van der Waals surface area contributed by atoms with Crippen molar-refractivity contribution in [3.8, 4) is 0 Å². The summed E-state index contributed by atoms with van der Waals surface area (Å²) in [6.07, 6.45) is -0.650. The van der Waals surface area contributed by atoms with Gasteiger partial charge >= 0.3 is 6.09 Å². The fraction of sp³-hybridized carbons (Fsp3) is 0.417. The fourth-order valence-electron chi connectivity index (χ4n) is 1.31. The smallest absolute Gasteiger partial charge is 0.412 e. The van der Waals surface area contributed by atoms with Crippen LogP contribution in [0.1, 0.15) is 26.3 Å². The van der Waals surface area contributed by atoms with E-state index in [1.807, 2.05) is 0 Å². The topological polar surface area (TPSA) is 81.5 Å². The van der Waals surface area contributed by atoms with Crippen molar-refractivity contribution in [2.45, 2.75) is 33.3 Å². The Balaban J connectivity index is 3.01. The molecule has 0 spiro atoms. The lowest BCUT2D eigenvalue weighted by Crippen LogP contribution is -2.27. The number of hydrogen-bond donors (Lipinski definition) is 1. The summed E-state index contributed by atoms with van der Waals surface area (Å²) in [6, 6.07) is 2.68. The predicted molar refractivity (Wildman–Crippen MR) is 75.4 cm³/mol. The number of benzene rings is 1. The number of anilines is 1. The summed E-state index contributed by atoms with van der Waals surface area (Å²) in [6.45, 7) is 6.95. The van der Waals surface area contributed by atoms with Gasteiger partial charge in [0.25, 0.3) is 5.69 Å². The number of halogens is 1. The van der Waals surface area contributed by atoms with Crippen LogP contribution < -0.4 is 5.32 Å². The van der Waals surface area contributed by atoms with Gasteiger partial charge in [0.05, 0.1) is 10.6 Å². The van der Waals surface area contributed by atoms with Crippen LogP contribution in [0.3, 0.4) is 0 Å². The lowest BCUT2D eigenvalue weighted by Gasteiger charge is -2.20. The maximum Gasteiger partial charge on any atom is 0.412 e. The molecule has 0 aliphatic carbocycles. The zero-order chi connectivity index (χ0) is 14.8. The van der Waals surface area contributed by atoms with Gasteiger partial charge in [0.1, 0.15) is 5.60 Å². The van der Waals surface area contributed by atoms with Crippen LogP contribution in [0, 0.1) is 17.0 Å². The number of carbonyl (C=O) groups excluding carboxylic acids is 1. The van der Waals surface area contributed by atoms with E-state index in [1.54, 1.807) is 27.7 Å². The molecule has 0 aromatic heterocycles. The third-order valence-electron chi connectivity index (χ3n) is 2.18. The molecule has 0 saturated carbocycles. The molecule has 19 heavy (non-hydrogen) atoms.